The van der Waals surface area contributed by atoms with Crippen molar-refractivity contribution in [3.8, 4) is 5.69 Å². The Bertz CT molecular complexity index is 1030. The second-order valence-corrected chi connectivity index (χ2v) is 8.22. The van der Waals surface area contributed by atoms with Gasteiger partial charge in [0.1, 0.15) is 5.82 Å². The summed E-state index contributed by atoms with van der Waals surface area (Å²) in [4.78, 5) is 14.4. The number of thioether (sulfide) groups is 1. The lowest BCUT2D eigenvalue weighted by Gasteiger charge is -2.28. The molecular weight excluding hydrogens is 417 g/mol. The number of amides is 1. The molecule has 7 nitrogen and oxygen atoms in total. The van der Waals surface area contributed by atoms with E-state index < -0.39 is 0 Å². The maximum Gasteiger partial charge on any atom is 0.232 e. The molecule has 2 aromatic carbocycles. The summed E-state index contributed by atoms with van der Waals surface area (Å²) < 4.78 is 20.5. The fourth-order valence-electron chi connectivity index (χ4n) is 3.34. The van der Waals surface area contributed by atoms with Gasteiger partial charge < -0.3 is 15.0 Å². The van der Waals surface area contributed by atoms with Gasteiger partial charge in [-0.25, -0.2) is 4.39 Å². The average Bonchev–Trinajstić information content (AvgIpc) is 3.20. The van der Waals surface area contributed by atoms with Gasteiger partial charge in [0, 0.05) is 31.0 Å². The first-order valence-electron chi connectivity index (χ1n) is 10.1. The van der Waals surface area contributed by atoms with Gasteiger partial charge >= 0.3 is 0 Å². The molecule has 1 aliphatic rings. The molecule has 4 rings (SSSR count). The molecule has 0 radical (unpaired) electrons. The van der Waals surface area contributed by atoms with Gasteiger partial charge in [0.2, 0.25) is 11.9 Å². The van der Waals surface area contributed by atoms with E-state index in [1.165, 1.54) is 23.9 Å². The normalized spacial score (nSPS) is 13.9. The third kappa shape index (κ3) is 5.23. The maximum absolute atomic E-state index is 13.0. The molecule has 1 N–H and O–H groups in total. The highest BCUT2D eigenvalue weighted by molar-refractivity contribution is 7.99. The summed E-state index contributed by atoms with van der Waals surface area (Å²) in [6.07, 6.45) is 0.301. The van der Waals surface area contributed by atoms with E-state index in [0.717, 1.165) is 35.4 Å². The molecular formula is C22H24FN5O2S. The Hall–Kier alpha value is -2.91. The zero-order valence-corrected chi connectivity index (χ0v) is 18.1. The highest BCUT2D eigenvalue weighted by Crippen LogP contribution is 2.29. The molecule has 31 heavy (non-hydrogen) atoms. The van der Waals surface area contributed by atoms with Crippen LogP contribution in [0.3, 0.4) is 0 Å². The molecule has 1 aromatic heterocycles. The number of carbonyl (C=O) groups excluding carboxylic acids is 1. The van der Waals surface area contributed by atoms with Crippen LogP contribution in [0.25, 0.3) is 5.69 Å². The summed E-state index contributed by atoms with van der Waals surface area (Å²) in [5.41, 5.74) is 2.72. The topological polar surface area (TPSA) is 72.3 Å². The van der Waals surface area contributed by atoms with Crippen LogP contribution in [0.1, 0.15) is 12.0 Å². The Morgan fingerprint density at radius 3 is 2.61 bits per heavy atom. The molecule has 0 bridgehead atoms. The first-order valence-corrected chi connectivity index (χ1v) is 11.1. The number of hydrogen-bond acceptors (Lipinski definition) is 6. The number of aryl methyl sites for hydroxylation is 1. The minimum absolute atomic E-state index is 0.130. The highest BCUT2D eigenvalue weighted by Gasteiger charge is 2.22. The molecule has 1 aliphatic heterocycles. The largest absolute Gasteiger partial charge is 0.378 e. The van der Waals surface area contributed by atoms with Crippen LogP contribution in [0, 0.1) is 12.7 Å². The molecule has 1 saturated heterocycles. The molecule has 0 atom stereocenters. The van der Waals surface area contributed by atoms with E-state index in [0.29, 0.717) is 31.1 Å². The summed E-state index contributed by atoms with van der Waals surface area (Å²) in [6.45, 7) is 4.89. The van der Waals surface area contributed by atoms with E-state index in [2.05, 4.69) is 38.0 Å². The van der Waals surface area contributed by atoms with Crippen molar-refractivity contribution in [2.24, 2.45) is 0 Å². The molecule has 0 aliphatic carbocycles. The second-order valence-electron chi connectivity index (χ2n) is 7.16. The van der Waals surface area contributed by atoms with Crippen molar-refractivity contribution in [3.05, 3.63) is 59.9 Å². The van der Waals surface area contributed by atoms with Crippen molar-refractivity contribution in [2.75, 3.05) is 42.3 Å². The predicted molar refractivity (Wildman–Crippen MR) is 119 cm³/mol. The number of nitrogens with zero attached hydrogens (tertiary/aromatic N) is 4. The molecule has 1 amide bonds. The van der Waals surface area contributed by atoms with Crippen LogP contribution in [-0.2, 0) is 9.53 Å². The van der Waals surface area contributed by atoms with Crippen molar-refractivity contribution >= 4 is 29.3 Å². The van der Waals surface area contributed by atoms with Crippen molar-refractivity contribution in [1.82, 2.24) is 14.8 Å². The molecule has 1 fully saturated rings. The van der Waals surface area contributed by atoms with E-state index in [-0.39, 0.29) is 11.7 Å². The smallest absolute Gasteiger partial charge is 0.232 e. The minimum Gasteiger partial charge on any atom is -0.378 e. The molecule has 162 valence electrons. The van der Waals surface area contributed by atoms with E-state index >= 15 is 0 Å². The molecule has 0 saturated carbocycles. The Balaban J connectivity index is 1.47. The first-order chi connectivity index (χ1) is 15.1. The van der Waals surface area contributed by atoms with Gasteiger partial charge in [-0.15, -0.1) is 10.2 Å². The summed E-state index contributed by atoms with van der Waals surface area (Å²) in [5, 5.41) is 12.4. The van der Waals surface area contributed by atoms with E-state index in [1.807, 2.05) is 18.2 Å². The summed E-state index contributed by atoms with van der Waals surface area (Å²) >= 11 is 1.49. The van der Waals surface area contributed by atoms with Gasteiger partial charge in [0.25, 0.3) is 0 Å². The number of ether oxygens (including phenoxy) is 1. The van der Waals surface area contributed by atoms with Gasteiger partial charge in [0.15, 0.2) is 5.16 Å². The second kappa shape index (κ2) is 9.93. The lowest BCUT2D eigenvalue weighted by atomic mass is 10.2. The van der Waals surface area contributed by atoms with Crippen LogP contribution in [0.4, 0.5) is 16.0 Å². The molecule has 0 unspecified atom stereocenters. The van der Waals surface area contributed by atoms with Crippen LogP contribution < -0.4 is 10.2 Å². The minimum atomic E-state index is -0.333. The zero-order chi connectivity index (χ0) is 21.6. The number of morpholine rings is 1. The predicted octanol–water partition coefficient (Wildman–Crippen LogP) is 3.67. The van der Waals surface area contributed by atoms with E-state index in [9.17, 15) is 9.18 Å². The Morgan fingerprint density at radius 2 is 1.87 bits per heavy atom. The van der Waals surface area contributed by atoms with Crippen LogP contribution in [0.5, 0.6) is 0 Å². The van der Waals surface area contributed by atoms with Crippen LogP contribution in [-0.4, -0.2) is 52.7 Å². The van der Waals surface area contributed by atoms with Gasteiger partial charge in [-0.1, -0.05) is 30.0 Å². The van der Waals surface area contributed by atoms with Gasteiger partial charge in [-0.3, -0.25) is 9.36 Å². The number of aromatic nitrogens is 3. The van der Waals surface area contributed by atoms with E-state index in [4.69, 9.17) is 4.74 Å². The number of benzene rings is 2. The third-order valence-corrected chi connectivity index (χ3v) is 5.89. The average molecular weight is 442 g/mol. The van der Waals surface area contributed by atoms with Crippen molar-refractivity contribution < 1.29 is 13.9 Å². The third-order valence-electron chi connectivity index (χ3n) is 4.95. The standard InChI is InChI=1S/C22H24FN5O2S/c1-16-4-2-3-5-19(16)28-21(27-11-13-30-14-12-27)25-26-22(28)31-15-10-20(29)24-18-8-6-17(23)7-9-18/h2-9H,10-15H2,1H3,(H,24,29). The number of para-hydroxylation sites is 1. The summed E-state index contributed by atoms with van der Waals surface area (Å²) in [5.74, 6) is 0.866. The number of rotatable bonds is 7. The molecule has 3 aromatic rings. The summed E-state index contributed by atoms with van der Waals surface area (Å²) in [6, 6.07) is 13.8. The molecule has 2 heterocycles. The van der Waals surface area contributed by atoms with Gasteiger partial charge in [0.05, 0.1) is 18.9 Å². The van der Waals surface area contributed by atoms with E-state index in [1.54, 1.807) is 12.1 Å². The fraction of sp³-hybridized carbons (Fsp3) is 0.318. The van der Waals surface area contributed by atoms with Crippen LogP contribution >= 0.6 is 11.8 Å². The van der Waals surface area contributed by atoms with Crippen molar-refractivity contribution in [2.45, 2.75) is 18.5 Å². The number of halogens is 1. The quantitative estimate of drug-likeness (QED) is 0.564. The fourth-order valence-corrected chi connectivity index (χ4v) is 4.22. The van der Waals surface area contributed by atoms with Crippen molar-refractivity contribution in [3.63, 3.8) is 0 Å². The Morgan fingerprint density at radius 1 is 1.13 bits per heavy atom. The number of anilines is 2. The molecule has 9 heteroatoms. The monoisotopic (exact) mass is 441 g/mol. The van der Waals surface area contributed by atoms with Crippen LogP contribution in [0.2, 0.25) is 0 Å². The zero-order valence-electron chi connectivity index (χ0n) is 17.3. The summed E-state index contributed by atoms with van der Waals surface area (Å²) in [7, 11) is 0. The van der Waals surface area contributed by atoms with Gasteiger partial charge in [-0.2, -0.15) is 0 Å². The SMILES string of the molecule is Cc1ccccc1-n1c(SCCC(=O)Nc2ccc(F)cc2)nnc1N1CCOCC1. The Kier molecular flexibility index (Phi) is 6.83. The molecule has 0 spiro atoms. The lowest BCUT2D eigenvalue weighted by Crippen LogP contribution is -2.38. The lowest BCUT2D eigenvalue weighted by molar-refractivity contribution is -0.115. The highest BCUT2D eigenvalue weighted by atomic mass is 32.2. The Labute approximate surface area is 184 Å². The van der Waals surface area contributed by atoms with Crippen LogP contribution in [0.15, 0.2) is 53.7 Å². The number of nitrogens with one attached hydrogen (secondary N) is 1. The first kappa shape index (κ1) is 21.3. The number of carbonyl (C=O) groups is 1. The van der Waals surface area contributed by atoms with Gasteiger partial charge in [-0.05, 0) is 42.8 Å². The maximum atomic E-state index is 13.0. The number of hydrogen-bond donors (Lipinski definition) is 1. The van der Waals surface area contributed by atoms with Crippen molar-refractivity contribution in [1.29, 1.82) is 0 Å².